The fourth-order valence-electron chi connectivity index (χ4n) is 1.99. The number of nitrogens with one attached hydrogen (secondary N) is 1. The second-order valence-electron chi connectivity index (χ2n) is 4.99. The second-order valence-corrected chi connectivity index (χ2v) is 6.41. The molecular weight excluding hydrogens is 306 g/mol. The number of amides is 1. The van der Waals surface area contributed by atoms with Crippen molar-refractivity contribution in [2.45, 2.75) is 25.4 Å². The Morgan fingerprint density at radius 3 is 2.67 bits per heavy atom. The van der Waals surface area contributed by atoms with Crippen LogP contribution in [-0.2, 0) is 4.79 Å². The van der Waals surface area contributed by atoms with E-state index in [1.165, 1.54) is 4.88 Å². The van der Waals surface area contributed by atoms with Crippen LogP contribution in [0.25, 0.3) is 0 Å². The number of hydrogen-bond donors (Lipinski definition) is 2. The molecule has 0 aliphatic carbocycles. The van der Waals surface area contributed by atoms with Gasteiger partial charge in [0.25, 0.3) is 0 Å². The minimum absolute atomic E-state index is 0.0544. The average Bonchev–Trinajstić information content (AvgIpc) is 2.99. The summed E-state index contributed by atoms with van der Waals surface area (Å²) in [6, 6.07) is 10.9. The van der Waals surface area contributed by atoms with Gasteiger partial charge in [0.05, 0.1) is 12.5 Å². The number of halogens is 1. The Morgan fingerprint density at radius 2 is 2.05 bits per heavy atom. The van der Waals surface area contributed by atoms with Gasteiger partial charge in [-0.3, -0.25) is 4.79 Å². The zero-order chi connectivity index (χ0) is 15.2. The number of carbonyl (C=O) groups excluding carboxylic acids is 1. The molecule has 0 spiro atoms. The summed E-state index contributed by atoms with van der Waals surface area (Å²) in [6.07, 6.45) is -0.752. The lowest BCUT2D eigenvalue weighted by atomic mass is 10.1. The van der Waals surface area contributed by atoms with E-state index >= 15 is 0 Å². The van der Waals surface area contributed by atoms with Gasteiger partial charge in [-0.15, -0.1) is 11.3 Å². The van der Waals surface area contributed by atoms with Gasteiger partial charge in [-0.25, -0.2) is 0 Å². The van der Waals surface area contributed by atoms with E-state index < -0.39 is 6.10 Å². The molecular formula is C16H18ClNO2S. The van der Waals surface area contributed by atoms with E-state index in [0.717, 1.165) is 0 Å². The summed E-state index contributed by atoms with van der Waals surface area (Å²) in [4.78, 5) is 13.1. The Kier molecular flexibility index (Phi) is 5.79. The summed E-state index contributed by atoms with van der Waals surface area (Å²) in [5.74, 6) is 0.127. The number of carbonyl (C=O) groups is 1. The van der Waals surface area contributed by atoms with Crippen LogP contribution in [0.15, 0.2) is 41.8 Å². The summed E-state index contributed by atoms with van der Waals surface area (Å²) < 4.78 is 0. The van der Waals surface area contributed by atoms with Gasteiger partial charge in [0.1, 0.15) is 0 Å². The molecule has 0 aliphatic rings. The van der Waals surface area contributed by atoms with Crippen molar-refractivity contribution >= 4 is 28.8 Å². The van der Waals surface area contributed by atoms with Crippen LogP contribution < -0.4 is 5.32 Å². The van der Waals surface area contributed by atoms with E-state index in [1.807, 2.05) is 11.4 Å². The summed E-state index contributed by atoms with van der Waals surface area (Å²) in [5, 5.41) is 15.5. The van der Waals surface area contributed by atoms with Crippen molar-refractivity contribution in [2.24, 2.45) is 0 Å². The van der Waals surface area contributed by atoms with Crippen molar-refractivity contribution in [2.75, 3.05) is 6.54 Å². The molecule has 0 radical (unpaired) electrons. The van der Waals surface area contributed by atoms with Crippen molar-refractivity contribution in [1.29, 1.82) is 0 Å². The normalized spacial score (nSPS) is 13.7. The Balaban J connectivity index is 1.80. The van der Waals surface area contributed by atoms with Crippen LogP contribution in [0.4, 0.5) is 0 Å². The number of aliphatic hydroxyl groups excluding tert-OH is 1. The Bertz CT molecular complexity index is 568. The van der Waals surface area contributed by atoms with Crippen molar-refractivity contribution in [1.82, 2.24) is 5.32 Å². The van der Waals surface area contributed by atoms with Gasteiger partial charge in [0, 0.05) is 22.4 Å². The molecule has 0 bridgehead atoms. The van der Waals surface area contributed by atoms with Gasteiger partial charge in [-0.05, 0) is 29.1 Å². The fourth-order valence-corrected chi connectivity index (χ4v) is 2.90. The number of thiophene rings is 1. The first-order chi connectivity index (χ1) is 10.1. The predicted molar refractivity (Wildman–Crippen MR) is 86.8 cm³/mol. The third kappa shape index (κ3) is 4.84. The molecule has 2 unspecified atom stereocenters. The topological polar surface area (TPSA) is 49.3 Å². The first-order valence-electron chi connectivity index (χ1n) is 6.80. The molecule has 0 saturated heterocycles. The smallest absolute Gasteiger partial charge is 0.222 e. The van der Waals surface area contributed by atoms with Crippen molar-refractivity contribution in [3.63, 3.8) is 0 Å². The van der Waals surface area contributed by atoms with Crippen molar-refractivity contribution < 1.29 is 9.90 Å². The van der Waals surface area contributed by atoms with Gasteiger partial charge < -0.3 is 10.4 Å². The highest BCUT2D eigenvalue weighted by molar-refractivity contribution is 7.10. The molecule has 2 atom stereocenters. The number of benzene rings is 1. The lowest BCUT2D eigenvalue weighted by Crippen LogP contribution is -2.28. The maximum absolute atomic E-state index is 11.9. The molecule has 21 heavy (non-hydrogen) atoms. The second kappa shape index (κ2) is 7.59. The molecule has 112 valence electrons. The number of rotatable bonds is 6. The van der Waals surface area contributed by atoms with E-state index in [1.54, 1.807) is 35.6 Å². The van der Waals surface area contributed by atoms with Crippen LogP contribution in [0.1, 0.15) is 35.8 Å². The van der Waals surface area contributed by atoms with Crippen molar-refractivity contribution in [3.8, 4) is 0 Å². The number of hydrogen-bond acceptors (Lipinski definition) is 3. The fraction of sp³-hybridized carbons (Fsp3) is 0.312. The molecule has 1 heterocycles. The first kappa shape index (κ1) is 16.0. The van der Waals surface area contributed by atoms with Gasteiger partial charge in [-0.2, -0.15) is 0 Å². The Morgan fingerprint density at radius 1 is 1.33 bits per heavy atom. The lowest BCUT2D eigenvalue weighted by Gasteiger charge is -2.14. The first-order valence-corrected chi connectivity index (χ1v) is 8.05. The maximum atomic E-state index is 11.9. The van der Waals surface area contributed by atoms with E-state index in [4.69, 9.17) is 11.6 Å². The van der Waals surface area contributed by atoms with Crippen LogP contribution in [0, 0.1) is 0 Å². The number of aliphatic hydroxyl groups is 1. The standard InChI is InChI=1S/C16H18ClNO2S/c1-11(15-3-2-8-21-15)10-18-16(20)9-14(19)12-4-6-13(17)7-5-12/h2-8,11,14,19H,9-10H2,1H3,(H,18,20). The van der Waals surface area contributed by atoms with Crippen LogP contribution in [-0.4, -0.2) is 17.6 Å². The maximum Gasteiger partial charge on any atom is 0.222 e. The van der Waals surface area contributed by atoms with Gasteiger partial charge >= 0.3 is 0 Å². The molecule has 2 aromatic rings. The molecule has 5 heteroatoms. The average molecular weight is 324 g/mol. The third-order valence-corrected chi connectivity index (χ3v) is 4.62. The predicted octanol–water partition coefficient (Wildman–Crippen LogP) is 3.74. The van der Waals surface area contributed by atoms with Crippen LogP contribution >= 0.6 is 22.9 Å². The van der Waals surface area contributed by atoms with E-state index in [-0.39, 0.29) is 18.2 Å². The molecule has 0 saturated carbocycles. The van der Waals surface area contributed by atoms with E-state index in [9.17, 15) is 9.90 Å². The molecule has 0 aliphatic heterocycles. The molecule has 0 fully saturated rings. The van der Waals surface area contributed by atoms with Crippen molar-refractivity contribution in [3.05, 3.63) is 57.2 Å². The highest BCUT2D eigenvalue weighted by Gasteiger charge is 2.14. The zero-order valence-corrected chi connectivity index (χ0v) is 13.3. The molecule has 3 nitrogen and oxygen atoms in total. The minimum atomic E-state index is -0.806. The lowest BCUT2D eigenvalue weighted by molar-refractivity contribution is -0.123. The summed E-state index contributed by atoms with van der Waals surface area (Å²) in [7, 11) is 0. The zero-order valence-electron chi connectivity index (χ0n) is 11.8. The summed E-state index contributed by atoms with van der Waals surface area (Å²) >= 11 is 7.48. The van der Waals surface area contributed by atoms with Crippen LogP contribution in [0.2, 0.25) is 5.02 Å². The van der Waals surface area contributed by atoms with E-state index in [0.29, 0.717) is 17.1 Å². The quantitative estimate of drug-likeness (QED) is 0.850. The van der Waals surface area contributed by atoms with Gasteiger partial charge in [-0.1, -0.05) is 36.7 Å². The molecule has 2 rings (SSSR count). The molecule has 1 amide bonds. The molecule has 1 aromatic carbocycles. The minimum Gasteiger partial charge on any atom is -0.388 e. The van der Waals surface area contributed by atoms with Crippen LogP contribution in [0.3, 0.4) is 0 Å². The summed E-state index contributed by atoms with van der Waals surface area (Å²) in [5.41, 5.74) is 0.695. The largest absolute Gasteiger partial charge is 0.388 e. The monoisotopic (exact) mass is 323 g/mol. The Hall–Kier alpha value is -1.36. The van der Waals surface area contributed by atoms with E-state index in [2.05, 4.69) is 18.3 Å². The van der Waals surface area contributed by atoms with Gasteiger partial charge in [0.15, 0.2) is 0 Å². The summed E-state index contributed by atoms with van der Waals surface area (Å²) in [6.45, 7) is 2.65. The SMILES string of the molecule is CC(CNC(=O)CC(O)c1ccc(Cl)cc1)c1cccs1. The highest BCUT2D eigenvalue weighted by Crippen LogP contribution is 2.21. The Labute approximate surface area is 133 Å². The third-order valence-electron chi connectivity index (χ3n) is 3.27. The van der Waals surface area contributed by atoms with Gasteiger partial charge in [0.2, 0.25) is 5.91 Å². The molecule has 2 N–H and O–H groups in total. The highest BCUT2D eigenvalue weighted by atomic mass is 35.5. The van der Waals surface area contributed by atoms with Crippen LogP contribution in [0.5, 0.6) is 0 Å². The molecule has 1 aromatic heterocycles.